The lowest BCUT2D eigenvalue weighted by Gasteiger charge is -2.33. The molecule has 1 atom stereocenters. The summed E-state index contributed by atoms with van der Waals surface area (Å²) in [4.78, 5) is 41.0. The summed E-state index contributed by atoms with van der Waals surface area (Å²) in [7, 11) is 1.52. The number of hydrogen-bond donors (Lipinski definition) is 2. The van der Waals surface area contributed by atoms with Crippen LogP contribution in [0.4, 0.5) is 10.1 Å². The minimum absolute atomic E-state index is 0.109. The third kappa shape index (κ3) is 6.12. The molecule has 3 amide bonds. The molecule has 2 N–H and O–H groups in total. The molecule has 0 saturated heterocycles. The summed E-state index contributed by atoms with van der Waals surface area (Å²) in [6.45, 7) is 5.41. The second kappa shape index (κ2) is 10.7. The highest BCUT2D eigenvalue weighted by atomic mass is 19.1. The zero-order chi connectivity index (χ0) is 24.9. The highest BCUT2D eigenvalue weighted by molar-refractivity contribution is 6.41. The van der Waals surface area contributed by atoms with Gasteiger partial charge in [-0.05, 0) is 63.4 Å². The second-order valence-electron chi connectivity index (χ2n) is 9.50. The number of nitrogens with zero attached hydrogens (tertiary/aromatic N) is 1. The Bertz CT molecular complexity index is 1030. The number of carbonyl (C=O) groups is 3. The molecule has 7 nitrogen and oxygen atoms in total. The van der Waals surface area contributed by atoms with Crippen LogP contribution in [0, 0.1) is 5.82 Å². The van der Waals surface area contributed by atoms with Crippen LogP contribution in [-0.2, 0) is 14.4 Å². The monoisotopic (exact) mass is 469 g/mol. The molecule has 182 valence electrons. The highest BCUT2D eigenvalue weighted by Gasteiger charge is 2.38. The van der Waals surface area contributed by atoms with Gasteiger partial charge in [0.15, 0.2) is 0 Å². The first-order valence-corrected chi connectivity index (χ1v) is 11.5. The Kier molecular flexibility index (Phi) is 7.91. The molecule has 0 aliphatic heterocycles. The van der Waals surface area contributed by atoms with Gasteiger partial charge < -0.3 is 15.4 Å². The standard InChI is InChI=1S/C26H32FN3O4/c1-26(2,3)29-23(31)22(17-13-15-19(34-4)16-14-17)30(21-12-8-7-11-20(21)27)25(33)24(32)28-18-9-5-6-10-18/h7-8,11-16,18,22H,5-6,9-10H2,1-4H3,(H,28,32)(H,29,31). The first-order chi connectivity index (χ1) is 16.1. The molecule has 0 spiro atoms. The molecular formula is C26H32FN3O4. The van der Waals surface area contributed by atoms with Crippen LogP contribution in [0.2, 0.25) is 0 Å². The van der Waals surface area contributed by atoms with E-state index in [1.165, 1.54) is 25.3 Å². The maximum Gasteiger partial charge on any atom is 0.317 e. The van der Waals surface area contributed by atoms with Gasteiger partial charge >= 0.3 is 11.8 Å². The van der Waals surface area contributed by atoms with Gasteiger partial charge in [-0.25, -0.2) is 4.39 Å². The van der Waals surface area contributed by atoms with Gasteiger partial charge in [0.25, 0.3) is 0 Å². The normalized spacial score (nSPS) is 14.9. The van der Waals surface area contributed by atoms with Crippen molar-refractivity contribution in [3.05, 3.63) is 59.9 Å². The average molecular weight is 470 g/mol. The summed E-state index contributed by atoms with van der Waals surface area (Å²) < 4.78 is 20.2. The highest BCUT2D eigenvalue weighted by Crippen LogP contribution is 2.32. The average Bonchev–Trinajstić information content (AvgIpc) is 3.29. The number of anilines is 1. The summed E-state index contributed by atoms with van der Waals surface area (Å²) in [5, 5.41) is 5.62. The molecule has 3 rings (SSSR count). The molecule has 1 fully saturated rings. The number of benzene rings is 2. The van der Waals surface area contributed by atoms with Crippen LogP contribution >= 0.6 is 0 Å². The SMILES string of the molecule is COc1ccc(C(C(=O)NC(C)(C)C)N(C(=O)C(=O)NC2CCCC2)c2ccccc2F)cc1. The maximum absolute atomic E-state index is 15.0. The van der Waals surface area contributed by atoms with Crippen LogP contribution < -0.4 is 20.3 Å². The molecule has 0 heterocycles. The van der Waals surface area contributed by atoms with Gasteiger partial charge in [0, 0.05) is 11.6 Å². The molecule has 8 heteroatoms. The second-order valence-corrected chi connectivity index (χ2v) is 9.50. The van der Waals surface area contributed by atoms with E-state index in [-0.39, 0.29) is 11.7 Å². The van der Waals surface area contributed by atoms with Crippen LogP contribution in [0.1, 0.15) is 58.1 Å². The van der Waals surface area contributed by atoms with Crippen molar-refractivity contribution in [1.82, 2.24) is 10.6 Å². The fourth-order valence-corrected chi connectivity index (χ4v) is 4.08. The zero-order valence-electron chi connectivity index (χ0n) is 20.1. The van der Waals surface area contributed by atoms with E-state index in [4.69, 9.17) is 4.74 Å². The van der Waals surface area contributed by atoms with Gasteiger partial charge in [0.05, 0.1) is 12.8 Å². The summed E-state index contributed by atoms with van der Waals surface area (Å²) in [5.74, 6) is -2.56. The van der Waals surface area contributed by atoms with E-state index in [1.54, 1.807) is 51.1 Å². The lowest BCUT2D eigenvalue weighted by atomic mass is 10.00. The molecule has 2 aromatic rings. The summed E-state index contributed by atoms with van der Waals surface area (Å²) in [5.41, 5.74) is -0.371. The zero-order valence-corrected chi connectivity index (χ0v) is 20.1. The van der Waals surface area contributed by atoms with Crippen molar-refractivity contribution in [2.45, 2.75) is 64.1 Å². The number of hydrogen-bond acceptors (Lipinski definition) is 4. The molecular weight excluding hydrogens is 437 g/mol. The van der Waals surface area contributed by atoms with Crippen LogP contribution in [0.3, 0.4) is 0 Å². The number of methoxy groups -OCH3 is 1. The molecule has 0 radical (unpaired) electrons. The van der Waals surface area contributed by atoms with Gasteiger partial charge in [-0.15, -0.1) is 0 Å². The quantitative estimate of drug-likeness (QED) is 0.629. The van der Waals surface area contributed by atoms with Crippen molar-refractivity contribution >= 4 is 23.4 Å². The Balaban J connectivity index is 2.09. The van der Waals surface area contributed by atoms with Crippen LogP contribution in [0.25, 0.3) is 0 Å². The number of amides is 3. The fourth-order valence-electron chi connectivity index (χ4n) is 4.08. The van der Waals surface area contributed by atoms with E-state index in [1.807, 2.05) is 0 Å². The number of carbonyl (C=O) groups excluding carboxylic acids is 3. The minimum atomic E-state index is -1.29. The summed E-state index contributed by atoms with van der Waals surface area (Å²) in [6, 6.07) is 10.8. The number of para-hydroxylation sites is 1. The van der Waals surface area contributed by atoms with E-state index < -0.39 is 35.1 Å². The van der Waals surface area contributed by atoms with Crippen molar-refractivity contribution in [1.29, 1.82) is 0 Å². The van der Waals surface area contributed by atoms with Gasteiger partial charge in [0.2, 0.25) is 5.91 Å². The largest absolute Gasteiger partial charge is 0.497 e. The molecule has 0 bridgehead atoms. The summed E-state index contributed by atoms with van der Waals surface area (Å²) >= 11 is 0. The molecule has 1 saturated carbocycles. The van der Waals surface area contributed by atoms with Crippen molar-refractivity contribution in [3.8, 4) is 5.75 Å². The smallest absolute Gasteiger partial charge is 0.317 e. The topological polar surface area (TPSA) is 87.7 Å². The van der Waals surface area contributed by atoms with Gasteiger partial charge in [0.1, 0.15) is 17.6 Å². The number of nitrogens with one attached hydrogen (secondary N) is 2. The first-order valence-electron chi connectivity index (χ1n) is 11.5. The third-order valence-corrected chi connectivity index (χ3v) is 5.65. The van der Waals surface area contributed by atoms with Crippen molar-refractivity contribution in [2.75, 3.05) is 12.0 Å². The summed E-state index contributed by atoms with van der Waals surface area (Å²) in [6.07, 6.45) is 3.51. The van der Waals surface area contributed by atoms with E-state index in [2.05, 4.69) is 10.6 Å². The molecule has 2 aromatic carbocycles. The Labute approximate surface area is 199 Å². The number of halogens is 1. The maximum atomic E-state index is 15.0. The van der Waals surface area contributed by atoms with Gasteiger partial charge in [-0.3, -0.25) is 19.3 Å². The van der Waals surface area contributed by atoms with E-state index in [0.717, 1.165) is 30.6 Å². The predicted molar refractivity (Wildman–Crippen MR) is 128 cm³/mol. The molecule has 1 unspecified atom stereocenters. The van der Waals surface area contributed by atoms with Crippen molar-refractivity contribution < 1.29 is 23.5 Å². The van der Waals surface area contributed by atoms with Gasteiger partial charge in [-0.2, -0.15) is 0 Å². The lowest BCUT2D eigenvalue weighted by Crippen LogP contribution is -2.53. The Hall–Kier alpha value is -3.42. The van der Waals surface area contributed by atoms with Crippen LogP contribution in [-0.4, -0.2) is 36.4 Å². The van der Waals surface area contributed by atoms with Crippen molar-refractivity contribution in [2.24, 2.45) is 0 Å². The van der Waals surface area contributed by atoms with E-state index in [9.17, 15) is 18.8 Å². The minimum Gasteiger partial charge on any atom is -0.497 e. The van der Waals surface area contributed by atoms with Crippen molar-refractivity contribution in [3.63, 3.8) is 0 Å². The number of ether oxygens (including phenoxy) is 1. The van der Waals surface area contributed by atoms with Crippen LogP contribution in [0.5, 0.6) is 5.75 Å². The molecule has 1 aliphatic rings. The van der Waals surface area contributed by atoms with Crippen LogP contribution in [0.15, 0.2) is 48.5 Å². The Morgan fingerprint density at radius 1 is 1.03 bits per heavy atom. The lowest BCUT2D eigenvalue weighted by molar-refractivity contribution is -0.139. The fraction of sp³-hybridized carbons (Fsp3) is 0.423. The molecule has 0 aromatic heterocycles. The van der Waals surface area contributed by atoms with Gasteiger partial charge in [-0.1, -0.05) is 37.1 Å². The molecule has 34 heavy (non-hydrogen) atoms. The Morgan fingerprint density at radius 2 is 1.65 bits per heavy atom. The first kappa shape index (κ1) is 25.2. The van der Waals surface area contributed by atoms with E-state index >= 15 is 0 Å². The third-order valence-electron chi connectivity index (χ3n) is 5.65. The Morgan fingerprint density at radius 3 is 2.21 bits per heavy atom. The number of rotatable bonds is 6. The predicted octanol–water partition coefficient (Wildman–Crippen LogP) is 3.88. The van der Waals surface area contributed by atoms with E-state index in [0.29, 0.717) is 11.3 Å². The molecule has 1 aliphatic carbocycles.